The van der Waals surface area contributed by atoms with Gasteiger partial charge in [0.2, 0.25) is 0 Å². The lowest BCUT2D eigenvalue weighted by Gasteiger charge is -2.08. The first-order chi connectivity index (χ1) is 10.1. The Hall–Kier alpha value is -1.24. The number of pyridine rings is 1. The zero-order valence-corrected chi connectivity index (χ0v) is 14.6. The van der Waals surface area contributed by atoms with E-state index in [1.165, 1.54) is 6.04 Å². The van der Waals surface area contributed by atoms with E-state index in [2.05, 4.69) is 28.2 Å². The van der Waals surface area contributed by atoms with E-state index in [0.29, 0.717) is 11.9 Å². The highest BCUT2D eigenvalue weighted by Gasteiger charge is 2.11. The number of ether oxygens (including phenoxy) is 1. The quantitative estimate of drug-likeness (QED) is 0.446. The van der Waals surface area contributed by atoms with E-state index in [1.807, 2.05) is 13.0 Å². The molecule has 114 valence electrons. The van der Waals surface area contributed by atoms with Gasteiger partial charge >= 0.3 is 0 Å². The fourth-order valence-corrected chi connectivity index (χ4v) is 2.57. The van der Waals surface area contributed by atoms with Crippen LogP contribution in [0, 0.1) is 0 Å². The molecule has 7 heteroatoms. The van der Waals surface area contributed by atoms with E-state index >= 15 is 0 Å². The lowest BCUT2D eigenvalue weighted by molar-refractivity contribution is 0.0797. The van der Waals surface area contributed by atoms with Crippen molar-refractivity contribution in [2.24, 2.45) is 0 Å². The second-order valence-electron chi connectivity index (χ2n) is 5.29. The van der Waals surface area contributed by atoms with Crippen LogP contribution in [-0.2, 0) is 17.9 Å². The second-order valence-corrected chi connectivity index (χ2v) is 9.05. The molecule has 0 saturated heterocycles. The van der Waals surface area contributed by atoms with Gasteiger partial charge in [-0.3, -0.25) is 0 Å². The minimum Gasteiger partial charge on any atom is -0.359 e. The number of hydrogen-bond acceptors (Lipinski definition) is 4. The molecule has 0 aliphatic carbocycles. The molecule has 5 nitrogen and oxygen atoms in total. The van der Waals surface area contributed by atoms with Crippen LogP contribution >= 0.6 is 11.6 Å². The molecule has 0 amide bonds. The molecule has 0 unspecified atom stereocenters. The Morgan fingerprint density at radius 3 is 2.76 bits per heavy atom. The average Bonchev–Trinajstić information content (AvgIpc) is 2.87. The zero-order valence-electron chi connectivity index (χ0n) is 12.7. The standard InChI is InChI=1S/C14H21ClN4OSi/c1-4-13-17-14(11-5-6-12(15)16-9-11)19(18-13)10-20-7-8-21(2)3/h5-6,9,21H,4,7-8,10H2,1-3H3. The van der Waals surface area contributed by atoms with Gasteiger partial charge in [-0.15, -0.1) is 0 Å². The summed E-state index contributed by atoms with van der Waals surface area (Å²) in [7, 11) is -0.569. The van der Waals surface area contributed by atoms with E-state index in [-0.39, 0.29) is 0 Å². The molecular weight excluding hydrogens is 304 g/mol. The van der Waals surface area contributed by atoms with Gasteiger partial charge in [0.05, 0.1) is 0 Å². The molecule has 0 aromatic carbocycles. The summed E-state index contributed by atoms with van der Waals surface area (Å²) in [6.07, 6.45) is 2.50. The SMILES string of the molecule is CCc1nc(-c2ccc(Cl)nc2)n(COCC[SiH](C)C)n1. The van der Waals surface area contributed by atoms with Gasteiger partial charge in [-0.2, -0.15) is 5.10 Å². The summed E-state index contributed by atoms with van der Waals surface area (Å²) in [5.41, 5.74) is 0.897. The van der Waals surface area contributed by atoms with Crippen LogP contribution < -0.4 is 0 Å². The number of nitrogens with zero attached hydrogens (tertiary/aromatic N) is 4. The Bertz CT molecular complexity index is 571. The molecule has 2 aromatic rings. The Morgan fingerprint density at radius 1 is 1.33 bits per heavy atom. The maximum Gasteiger partial charge on any atom is 0.162 e. The van der Waals surface area contributed by atoms with Crippen molar-refractivity contribution in [1.82, 2.24) is 19.7 Å². The molecule has 0 bridgehead atoms. The second kappa shape index (κ2) is 7.68. The number of aryl methyl sites for hydroxylation is 1. The van der Waals surface area contributed by atoms with Crippen molar-refractivity contribution < 1.29 is 4.74 Å². The number of aromatic nitrogens is 4. The van der Waals surface area contributed by atoms with Crippen LogP contribution in [-0.4, -0.2) is 35.2 Å². The van der Waals surface area contributed by atoms with E-state index in [9.17, 15) is 0 Å². The Kier molecular flexibility index (Phi) is 5.90. The minimum absolute atomic E-state index is 0.423. The molecule has 0 saturated carbocycles. The highest BCUT2D eigenvalue weighted by Crippen LogP contribution is 2.18. The maximum absolute atomic E-state index is 5.83. The normalized spacial score (nSPS) is 11.3. The van der Waals surface area contributed by atoms with E-state index in [1.54, 1.807) is 16.9 Å². The lowest BCUT2D eigenvalue weighted by Crippen LogP contribution is -2.10. The van der Waals surface area contributed by atoms with Crippen LogP contribution in [0.25, 0.3) is 11.4 Å². The highest BCUT2D eigenvalue weighted by atomic mass is 35.5. The molecule has 0 aliphatic rings. The van der Waals surface area contributed by atoms with E-state index in [4.69, 9.17) is 16.3 Å². The topological polar surface area (TPSA) is 52.8 Å². The summed E-state index contributed by atoms with van der Waals surface area (Å²) in [6, 6.07) is 4.83. The molecule has 2 rings (SSSR count). The van der Waals surface area contributed by atoms with Gasteiger partial charge < -0.3 is 4.74 Å². The molecule has 2 heterocycles. The predicted octanol–water partition coefficient (Wildman–Crippen LogP) is 3.02. The van der Waals surface area contributed by atoms with Crippen molar-refractivity contribution >= 4 is 20.4 Å². The van der Waals surface area contributed by atoms with Crippen molar-refractivity contribution in [2.75, 3.05) is 6.61 Å². The molecule has 0 fully saturated rings. The van der Waals surface area contributed by atoms with Crippen molar-refractivity contribution in [1.29, 1.82) is 0 Å². The summed E-state index contributed by atoms with van der Waals surface area (Å²) < 4.78 is 7.52. The van der Waals surface area contributed by atoms with Gasteiger partial charge in [-0.25, -0.2) is 14.6 Å². The first kappa shape index (κ1) is 16.1. The van der Waals surface area contributed by atoms with E-state index < -0.39 is 8.80 Å². The first-order valence-corrected chi connectivity index (χ1v) is 10.7. The summed E-state index contributed by atoms with van der Waals surface area (Å²) in [5, 5.41) is 4.95. The summed E-state index contributed by atoms with van der Waals surface area (Å²) >= 11 is 5.83. The molecule has 0 spiro atoms. The molecule has 21 heavy (non-hydrogen) atoms. The average molecular weight is 325 g/mol. The molecule has 0 atom stereocenters. The molecule has 2 aromatic heterocycles. The third-order valence-electron chi connectivity index (χ3n) is 3.07. The third-order valence-corrected chi connectivity index (χ3v) is 4.68. The molecule has 0 N–H and O–H groups in total. The Morgan fingerprint density at radius 2 is 2.14 bits per heavy atom. The van der Waals surface area contributed by atoms with Gasteiger partial charge in [-0.1, -0.05) is 31.6 Å². The monoisotopic (exact) mass is 324 g/mol. The lowest BCUT2D eigenvalue weighted by atomic mass is 10.3. The van der Waals surface area contributed by atoms with Gasteiger partial charge in [0.25, 0.3) is 0 Å². The number of rotatable bonds is 7. The van der Waals surface area contributed by atoms with Gasteiger partial charge in [0.1, 0.15) is 11.9 Å². The van der Waals surface area contributed by atoms with Gasteiger partial charge in [0.15, 0.2) is 11.6 Å². The Balaban J connectivity index is 2.12. The smallest absolute Gasteiger partial charge is 0.162 e. The molecular formula is C14H21ClN4OSi. The van der Waals surface area contributed by atoms with Gasteiger partial charge in [-0.05, 0) is 18.2 Å². The molecule has 0 aliphatic heterocycles. The van der Waals surface area contributed by atoms with Crippen LogP contribution in [0.15, 0.2) is 18.3 Å². The van der Waals surface area contributed by atoms with Crippen LogP contribution in [0.3, 0.4) is 0 Å². The summed E-state index contributed by atoms with van der Waals surface area (Å²) in [6.45, 7) is 7.88. The maximum atomic E-state index is 5.83. The molecule has 0 radical (unpaired) electrons. The van der Waals surface area contributed by atoms with Crippen molar-refractivity contribution in [3.63, 3.8) is 0 Å². The highest BCUT2D eigenvalue weighted by molar-refractivity contribution is 6.55. The van der Waals surface area contributed by atoms with Crippen LogP contribution in [0.1, 0.15) is 12.7 Å². The minimum atomic E-state index is -0.569. The van der Waals surface area contributed by atoms with Crippen molar-refractivity contribution in [3.8, 4) is 11.4 Å². The summed E-state index contributed by atoms with van der Waals surface area (Å²) in [4.78, 5) is 8.64. The van der Waals surface area contributed by atoms with Gasteiger partial charge in [0, 0.05) is 33.6 Å². The van der Waals surface area contributed by atoms with Crippen molar-refractivity contribution in [2.45, 2.75) is 39.2 Å². The van der Waals surface area contributed by atoms with Crippen LogP contribution in [0.4, 0.5) is 0 Å². The fourth-order valence-electron chi connectivity index (χ4n) is 1.82. The predicted molar refractivity (Wildman–Crippen MR) is 87.3 cm³/mol. The van der Waals surface area contributed by atoms with Crippen molar-refractivity contribution in [3.05, 3.63) is 29.3 Å². The third kappa shape index (κ3) is 4.62. The number of halogens is 1. The number of hydrogen-bond donors (Lipinski definition) is 0. The van der Waals surface area contributed by atoms with Crippen LogP contribution in [0.5, 0.6) is 0 Å². The largest absolute Gasteiger partial charge is 0.359 e. The van der Waals surface area contributed by atoms with E-state index in [0.717, 1.165) is 30.2 Å². The zero-order chi connectivity index (χ0) is 15.2. The fraction of sp³-hybridized carbons (Fsp3) is 0.500. The summed E-state index contributed by atoms with van der Waals surface area (Å²) in [5.74, 6) is 1.58. The van der Waals surface area contributed by atoms with Crippen LogP contribution in [0.2, 0.25) is 24.3 Å². The Labute approximate surface area is 131 Å². The first-order valence-electron chi connectivity index (χ1n) is 7.23.